The van der Waals surface area contributed by atoms with E-state index in [1.807, 2.05) is 0 Å². The van der Waals surface area contributed by atoms with Crippen molar-refractivity contribution in [2.24, 2.45) is 0 Å². The zero-order valence-electron chi connectivity index (χ0n) is 9.98. The highest BCUT2D eigenvalue weighted by Gasteiger charge is 2.48. The Balaban J connectivity index is 2.31. The van der Waals surface area contributed by atoms with Gasteiger partial charge in [0.1, 0.15) is 5.75 Å². The minimum Gasteiger partial charge on any atom is -0.376 e. The molecule has 106 valence electrons. The maximum Gasteiger partial charge on any atom is 0.534 e. The Hall–Kier alpha value is -1.24. The number of halogens is 3. The van der Waals surface area contributed by atoms with E-state index in [0.29, 0.717) is 5.56 Å². The molecule has 1 aromatic rings. The van der Waals surface area contributed by atoms with Crippen LogP contribution in [0, 0.1) is 0 Å². The van der Waals surface area contributed by atoms with Gasteiger partial charge in [0.2, 0.25) is 0 Å². The molecule has 1 fully saturated rings. The summed E-state index contributed by atoms with van der Waals surface area (Å²) in [5.74, 6) is -0.147. The predicted molar refractivity (Wildman–Crippen MR) is 63.3 cm³/mol. The molecule has 1 aliphatic rings. The third-order valence-corrected chi connectivity index (χ3v) is 4.16. The lowest BCUT2D eigenvalue weighted by Gasteiger charge is -2.16. The molecule has 0 radical (unpaired) electrons. The highest BCUT2D eigenvalue weighted by molar-refractivity contribution is 7.88. The first-order chi connectivity index (χ1) is 8.81. The van der Waals surface area contributed by atoms with Crippen molar-refractivity contribution in [3.05, 3.63) is 29.8 Å². The van der Waals surface area contributed by atoms with Gasteiger partial charge >= 0.3 is 15.6 Å². The zero-order valence-corrected chi connectivity index (χ0v) is 10.8. The lowest BCUT2D eigenvalue weighted by atomic mass is 9.97. The van der Waals surface area contributed by atoms with Crippen LogP contribution in [0.1, 0.15) is 37.2 Å². The summed E-state index contributed by atoms with van der Waals surface area (Å²) in [7, 11) is -5.60. The van der Waals surface area contributed by atoms with Gasteiger partial charge in [0.15, 0.2) is 0 Å². The van der Waals surface area contributed by atoms with Gasteiger partial charge in [-0.25, -0.2) is 0 Å². The van der Waals surface area contributed by atoms with Gasteiger partial charge in [-0.1, -0.05) is 31.0 Å². The standard InChI is InChI=1S/C12H13F3O3S/c13-12(14,15)19(16,17)18-11-8-4-3-7-10(11)9-5-1-2-6-9/h3-4,7-9H,1-2,5-6H2. The van der Waals surface area contributed by atoms with E-state index in [4.69, 9.17) is 0 Å². The molecular formula is C12H13F3O3S. The van der Waals surface area contributed by atoms with Crippen molar-refractivity contribution >= 4 is 10.1 Å². The van der Waals surface area contributed by atoms with Crippen LogP contribution in [0.3, 0.4) is 0 Å². The molecule has 1 aromatic carbocycles. The monoisotopic (exact) mass is 294 g/mol. The summed E-state index contributed by atoms with van der Waals surface area (Å²) in [6, 6.07) is 6.01. The van der Waals surface area contributed by atoms with E-state index in [9.17, 15) is 21.6 Å². The zero-order chi connectivity index (χ0) is 14.1. The quantitative estimate of drug-likeness (QED) is 0.632. The number of benzene rings is 1. The third-order valence-electron chi connectivity index (χ3n) is 3.20. The van der Waals surface area contributed by atoms with E-state index in [1.165, 1.54) is 12.1 Å². The second-order valence-electron chi connectivity index (χ2n) is 4.50. The number of hydrogen-bond acceptors (Lipinski definition) is 3. The molecule has 0 aromatic heterocycles. The van der Waals surface area contributed by atoms with E-state index in [2.05, 4.69) is 4.18 Å². The van der Waals surface area contributed by atoms with E-state index in [-0.39, 0.29) is 11.7 Å². The van der Waals surface area contributed by atoms with E-state index in [1.54, 1.807) is 12.1 Å². The van der Waals surface area contributed by atoms with Crippen LogP contribution in [0.25, 0.3) is 0 Å². The summed E-state index contributed by atoms with van der Waals surface area (Å²) in [6.07, 6.45) is 3.66. The van der Waals surface area contributed by atoms with Crippen LogP contribution in [-0.4, -0.2) is 13.9 Å². The Bertz CT molecular complexity index is 546. The predicted octanol–water partition coefficient (Wildman–Crippen LogP) is 3.57. The fourth-order valence-corrected chi connectivity index (χ4v) is 2.78. The van der Waals surface area contributed by atoms with Crippen molar-refractivity contribution in [1.82, 2.24) is 0 Å². The molecule has 0 saturated heterocycles. The van der Waals surface area contributed by atoms with Crippen LogP contribution >= 0.6 is 0 Å². The lowest BCUT2D eigenvalue weighted by Crippen LogP contribution is -2.28. The summed E-state index contributed by atoms with van der Waals surface area (Å²) < 4.78 is 63.3. The van der Waals surface area contributed by atoms with E-state index < -0.39 is 15.6 Å². The van der Waals surface area contributed by atoms with Crippen LogP contribution in [0.5, 0.6) is 5.75 Å². The molecule has 0 N–H and O–H groups in total. The van der Waals surface area contributed by atoms with Gasteiger partial charge in [-0.05, 0) is 30.4 Å². The van der Waals surface area contributed by atoms with Crippen molar-refractivity contribution < 1.29 is 25.8 Å². The van der Waals surface area contributed by atoms with Crippen molar-refractivity contribution in [3.8, 4) is 5.75 Å². The molecule has 0 aliphatic heterocycles. The Kier molecular flexibility index (Phi) is 3.75. The molecular weight excluding hydrogens is 281 g/mol. The van der Waals surface area contributed by atoms with Gasteiger partial charge in [0.05, 0.1) is 0 Å². The van der Waals surface area contributed by atoms with Crippen LogP contribution in [-0.2, 0) is 10.1 Å². The molecule has 0 atom stereocenters. The molecule has 1 aliphatic carbocycles. The van der Waals surface area contributed by atoms with Gasteiger partial charge < -0.3 is 4.18 Å². The fourth-order valence-electron chi connectivity index (χ4n) is 2.30. The molecule has 3 nitrogen and oxygen atoms in total. The second-order valence-corrected chi connectivity index (χ2v) is 6.04. The van der Waals surface area contributed by atoms with Crippen LogP contribution in [0.4, 0.5) is 13.2 Å². The summed E-state index contributed by atoms with van der Waals surface area (Å²) in [5, 5.41) is 0. The van der Waals surface area contributed by atoms with Crippen LogP contribution in [0.2, 0.25) is 0 Å². The molecule has 0 bridgehead atoms. The van der Waals surface area contributed by atoms with E-state index in [0.717, 1.165) is 25.7 Å². The molecule has 0 spiro atoms. The van der Waals surface area contributed by atoms with Crippen molar-refractivity contribution in [1.29, 1.82) is 0 Å². The van der Waals surface area contributed by atoms with Crippen LogP contribution in [0.15, 0.2) is 24.3 Å². The average Bonchev–Trinajstić information content (AvgIpc) is 2.81. The molecule has 19 heavy (non-hydrogen) atoms. The van der Waals surface area contributed by atoms with Gasteiger partial charge in [-0.2, -0.15) is 21.6 Å². The Labute approximate surface area is 109 Å². The molecule has 0 heterocycles. The molecule has 0 unspecified atom stereocenters. The Morgan fingerprint density at radius 2 is 1.68 bits per heavy atom. The number of alkyl halides is 3. The summed E-state index contributed by atoms with van der Waals surface area (Å²) in [5.41, 5.74) is -4.87. The first-order valence-electron chi connectivity index (χ1n) is 5.91. The number of para-hydroxylation sites is 1. The molecule has 2 rings (SSSR count). The first-order valence-corrected chi connectivity index (χ1v) is 7.32. The lowest BCUT2D eigenvalue weighted by molar-refractivity contribution is -0.0500. The average molecular weight is 294 g/mol. The van der Waals surface area contributed by atoms with Crippen molar-refractivity contribution in [2.45, 2.75) is 37.1 Å². The minimum absolute atomic E-state index is 0.0691. The van der Waals surface area contributed by atoms with Gasteiger partial charge in [-0.3, -0.25) is 0 Å². The second kappa shape index (κ2) is 5.03. The highest BCUT2D eigenvalue weighted by atomic mass is 32.2. The normalized spacial score (nSPS) is 17.6. The number of rotatable bonds is 3. The maximum atomic E-state index is 12.3. The highest BCUT2D eigenvalue weighted by Crippen LogP contribution is 2.40. The Morgan fingerprint density at radius 1 is 1.11 bits per heavy atom. The summed E-state index contributed by atoms with van der Waals surface area (Å²) >= 11 is 0. The minimum atomic E-state index is -5.60. The van der Waals surface area contributed by atoms with Crippen LogP contribution < -0.4 is 4.18 Å². The Morgan fingerprint density at radius 3 is 2.26 bits per heavy atom. The summed E-state index contributed by atoms with van der Waals surface area (Å²) in [6.45, 7) is 0. The number of hydrogen-bond donors (Lipinski definition) is 0. The van der Waals surface area contributed by atoms with Gasteiger partial charge in [0, 0.05) is 0 Å². The molecule has 1 saturated carbocycles. The van der Waals surface area contributed by atoms with E-state index >= 15 is 0 Å². The third kappa shape index (κ3) is 3.02. The van der Waals surface area contributed by atoms with Crippen molar-refractivity contribution in [3.63, 3.8) is 0 Å². The topological polar surface area (TPSA) is 43.4 Å². The van der Waals surface area contributed by atoms with Gasteiger partial charge in [-0.15, -0.1) is 0 Å². The molecule has 0 amide bonds. The largest absolute Gasteiger partial charge is 0.534 e. The molecule has 7 heteroatoms. The maximum absolute atomic E-state index is 12.3. The van der Waals surface area contributed by atoms with Crippen molar-refractivity contribution in [2.75, 3.05) is 0 Å². The smallest absolute Gasteiger partial charge is 0.376 e. The summed E-state index contributed by atoms with van der Waals surface area (Å²) in [4.78, 5) is 0. The first kappa shape index (κ1) is 14.2. The fraction of sp³-hybridized carbons (Fsp3) is 0.500. The van der Waals surface area contributed by atoms with Gasteiger partial charge in [0.25, 0.3) is 0 Å². The SMILES string of the molecule is O=S(=O)(Oc1ccccc1C1CCCC1)C(F)(F)F.